The van der Waals surface area contributed by atoms with Gasteiger partial charge in [-0.15, -0.1) is 0 Å². The zero-order chi connectivity index (χ0) is 26.1. The Balaban J connectivity index is 1.68. The van der Waals surface area contributed by atoms with Crippen LogP contribution in [0.5, 0.6) is 11.5 Å². The molecule has 37 heavy (non-hydrogen) atoms. The molecule has 0 bridgehead atoms. The topological polar surface area (TPSA) is 51.6 Å². The molecule has 3 heterocycles. The Morgan fingerprint density at radius 2 is 1.76 bits per heavy atom. The molecule has 1 saturated heterocycles. The minimum Gasteiger partial charge on any atom is -0.497 e. The van der Waals surface area contributed by atoms with Crippen LogP contribution in [0.15, 0.2) is 72.9 Å². The Morgan fingerprint density at radius 3 is 2.41 bits per heavy atom. The zero-order valence-electron chi connectivity index (χ0n) is 21.9. The monoisotopic (exact) mass is 512 g/mol. The number of aromatic nitrogens is 2. The van der Waals surface area contributed by atoms with Crippen molar-refractivity contribution in [2.75, 3.05) is 19.1 Å². The van der Waals surface area contributed by atoms with Gasteiger partial charge in [0.15, 0.2) is 5.11 Å². The maximum absolute atomic E-state index is 5.94. The average Bonchev–Trinajstić information content (AvgIpc) is 3.43. The lowest BCUT2D eigenvalue weighted by Crippen LogP contribution is -2.30. The smallest absolute Gasteiger partial charge is 0.174 e. The Morgan fingerprint density at radius 1 is 0.973 bits per heavy atom. The molecular formula is C30H32N4O2S. The molecule has 0 amide bonds. The van der Waals surface area contributed by atoms with Crippen LogP contribution in [0.2, 0.25) is 0 Å². The van der Waals surface area contributed by atoms with Gasteiger partial charge < -0.3 is 24.3 Å². The first kappa shape index (κ1) is 24.8. The van der Waals surface area contributed by atoms with E-state index in [1.807, 2.05) is 42.6 Å². The predicted molar refractivity (Wildman–Crippen MR) is 152 cm³/mol. The van der Waals surface area contributed by atoms with E-state index in [4.69, 9.17) is 26.7 Å². The number of hydrogen-bond acceptors (Lipinski definition) is 4. The Hall–Kier alpha value is -3.84. The maximum Gasteiger partial charge on any atom is 0.174 e. The Bertz CT molecular complexity index is 1420. The summed E-state index contributed by atoms with van der Waals surface area (Å²) in [4.78, 5) is 6.85. The first-order valence-electron chi connectivity index (χ1n) is 12.5. The lowest BCUT2D eigenvalue weighted by Gasteiger charge is -2.29. The number of anilines is 1. The number of thiocarbonyl (C=S) groups is 1. The number of ether oxygens (including phenoxy) is 2. The molecule has 4 aromatic rings. The van der Waals surface area contributed by atoms with Gasteiger partial charge >= 0.3 is 0 Å². The fourth-order valence-corrected chi connectivity index (χ4v) is 5.62. The summed E-state index contributed by atoms with van der Waals surface area (Å²) in [7, 11) is 3.32. The molecule has 190 valence electrons. The molecule has 0 aliphatic carbocycles. The number of nitrogens with one attached hydrogen (secondary N) is 1. The molecule has 2 aromatic heterocycles. The Labute approximate surface area is 223 Å². The molecule has 6 nitrogen and oxygen atoms in total. The zero-order valence-corrected chi connectivity index (χ0v) is 22.7. The van der Waals surface area contributed by atoms with Gasteiger partial charge in [0.25, 0.3) is 0 Å². The Kier molecular flexibility index (Phi) is 6.89. The van der Waals surface area contributed by atoms with Crippen LogP contribution in [-0.2, 0) is 6.42 Å². The van der Waals surface area contributed by atoms with Crippen LogP contribution in [0.1, 0.15) is 47.2 Å². The first-order valence-corrected chi connectivity index (χ1v) is 12.9. The summed E-state index contributed by atoms with van der Waals surface area (Å²) < 4.78 is 13.6. The van der Waals surface area contributed by atoms with E-state index in [1.165, 1.54) is 11.1 Å². The molecule has 2 atom stereocenters. The molecule has 7 heteroatoms. The number of nitrogens with zero attached hydrogens (tertiary/aromatic N) is 3. The molecule has 0 unspecified atom stereocenters. The second-order valence-electron chi connectivity index (χ2n) is 9.22. The normalized spacial score (nSPS) is 17.1. The van der Waals surface area contributed by atoms with E-state index in [0.717, 1.165) is 40.6 Å². The lowest BCUT2D eigenvalue weighted by molar-refractivity contribution is 0.394. The molecule has 0 spiro atoms. The lowest BCUT2D eigenvalue weighted by atomic mass is 9.96. The molecular weight excluding hydrogens is 480 g/mol. The van der Waals surface area contributed by atoms with Gasteiger partial charge in [-0.1, -0.05) is 25.1 Å². The quantitative estimate of drug-likeness (QED) is 0.296. The highest BCUT2D eigenvalue weighted by Crippen LogP contribution is 2.46. The van der Waals surface area contributed by atoms with Gasteiger partial charge in [-0.25, -0.2) is 0 Å². The highest BCUT2D eigenvalue weighted by atomic mass is 32.1. The van der Waals surface area contributed by atoms with Gasteiger partial charge in [-0.2, -0.15) is 0 Å². The minimum atomic E-state index is -0.142. The second kappa shape index (κ2) is 10.3. The van der Waals surface area contributed by atoms with Crippen LogP contribution < -0.4 is 19.7 Å². The summed E-state index contributed by atoms with van der Waals surface area (Å²) in [6.07, 6.45) is 2.84. The van der Waals surface area contributed by atoms with Gasteiger partial charge in [0.2, 0.25) is 0 Å². The van der Waals surface area contributed by atoms with Gasteiger partial charge in [-0.3, -0.25) is 4.98 Å². The van der Waals surface area contributed by atoms with Crippen LogP contribution in [0, 0.1) is 13.8 Å². The van der Waals surface area contributed by atoms with Crippen LogP contribution in [-0.4, -0.2) is 28.9 Å². The van der Waals surface area contributed by atoms with Crippen molar-refractivity contribution in [3.05, 3.63) is 101 Å². The molecule has 2 aromatic carbocycles. The van der Waals surface area contributed by atoms with Crippen molar-refractivity contribution in [2.45, 2.75) is 39.3 Å². The van der Waals surface area contributed by atoms with E-state index in [1.54, 1.807) is 14.2 Å². The van der Waals surface area contributed by atoms with Crippen molar-refractivity contribution >= 4 is 23.0 Å². The van der Waals surface area contributed by atoms with Gasteiger partial charge in [0, 0.05) is 29.3 Å². The summed E-state index contributed by atoms with van der Waals surface area (Å²) in [5, 5.41) is 4.18. The van der Waals surface area contributed by atoms with Gasteiger partial charge in [0.1, 0.15) is 11.5 Å². The third-order valence-corrected chi connectivity index (χ3v) is 7.45. The molecule has 0 radical (unpaired) electrons. The molecule has 5 rings (SSSR count). The van der Waals surface area contributed by atoms with E-state index in [9.17, 15) is 0 Å². The number of rotatable bonds is 7. The fraction of sp³-hybridized carbons (Fsp3) is 0.267. The van der Waals surface area contributed by atoms with Crippen molar-refractivity contribution in [3.63, 3.8) is 0 Å². The van der Waals surface area contributed by atoms with Gasteiger partial charge in [-0.05, 0) is 86.1 Å². The van der Waals surface area contributed by atoms with Crippen molar-refractivity contribution in [2.24, 2.45) is 0 Å². The number of benzene rings is 2. The largest absolute Gasteiger partial charge is 0.497 e. The van der Waals surface area contributed by atoms with E-state index >= 15 is 0 Å². The minimum absolute atomic E-state index is 0.139. The van der Waals surface area contributed by atoms with Crippen molar-refractivity contribution in [1.82, 2.24) is 14.9 Å². The third kappa shape index (κ3) is 4.44. The van der Waals surface area contributed by atoms with E-state index in [-0.39, 0.29) is 12.1 Å². The van der Waals surface area contributed by atoms with Crippen LogP contribution in [0.3, 0.4) is 0 Å². The predicted octanol–water partition coefficient (Wildman–Crippen LogP) is 6.25. The summed E-state index contributed by atoms with van der Waals surface area (Å²) >= 11 is 5.94. The average molecular weight is 513 g/mol. The fourth-order valence-electron chi connectivity index (χ4n) is 5.28. The van der Waals surface area contributed by atoms with E-state index < -0.39 is 0 Å². The standard InChI is InChI=1S/C30H32N4O2S/c1-6-21-10-12-22(13-11-21)33-19(2)17-24(20(33)3)29-28(25-9-7-8-16-31-25)32-30(37)34(29)26-15-14-23(35-4)18-27(26)36-5/h7-18,28-29H,6H2,1-5H3,(H,32,37)/t28-,29+/m0/s1. The van der Waals surface area contributed by atoms with Gasteiger partial charge in [0.05, 0.1) is 37.7 Å². The molecule has 1 N–H and O–H groups in total. The van der Waals surface area contributed by atoms with Crippen molar-refractivity contribution < 1.29 is 9.47 Å². The summed E-state index contributed by atoms with van der Waals surface area (Å²) in [5.41, 5.74) is 7.79. The van der Waals surface area contributed by atoms with E-state index in [0.29, 0.717) is 10.9 Å². The molecule has 1 fully saturated rings. The first-order chi connectivity index (χ1) is 18.0. The summed E-state index contributed by atoms with van der Waals surface area (Å²) in [5.74, 6) is 1.42. The molecule has 1 aliphatic heterocycles. The maximum atomic E-state index is 5.94. The molecule has 0 saturated carbocycles. The highest BCUT2D eigenvalue weighted by molar-refractivity contribution is 7.80. The number of methoxy groups -OCH3 is 2. The number of aryl methyl sites for hydroxylation is 2. The third-order valence-electron chi connectivity index (χ3n) is 7.14. The number of pyridine rings is 1. The van der Waals surface area contributed by atoms with Crippen LogP contribution in [0.4, 0.5) is 5.69 Å². The van der Waals surface area contributed by atoms with Crippen molar-refractivity contribution in [1.29, 1.82) is 0 Å². The summed E-state index contributed by atoms with van der Waals surface area (Å²) in [6, 6.07) is 22.6. The molecule has 1 aliphatic rings. The van der Waals surface area contributed by atoms with Crippen molar-refractivity contribution in [3.8, 4) is 17.2 Å². The van der Waals surface area contributed by atoms with Crippen LogP contribution in [0.25, 0.3) is 5.69 Å². The summed E-state index contributed by atoms with van der Waals surface area (Å²) in [6.45, 7) is 6.50. The van der Waals surface area contributed by atoms with Crippen LogP contribution >= 0.6 is 12.2 Å². The SMILES string of the molecule is CCc1ccc(-n2c(C)cc([C@@H]3[C@H](c4ccccn4)NC(=S)N3c3ccc(OC)cc3OC)c2C)cc1. The van der Waals surface area contributed by atoms with E-state index in [2.05, 4.69) is 65.9 Å². The second-order valence-corrected chi connectivity index (χ2v) is 9.60. The highest BCUT2D eigenvalue weighted by Gasteiger charge is 2.43. The number of hydrogen-bond donors (Lipinski definition) is 1.